The third kappa shape index (κ3) is 4.08. The molecule has 4 rings (SSSR count). The van der Waals surface area contributed by atoms with Crippen molar-refractivity contribution < 1.29 is 34.9 Å². The molecule has 2 aromatic carbocycles. The van der Waals surface area contributed by atoms with Crippen LogP contribution in [0, 0.1) is 0 Å². The van der Waals surface area contributed by atoms with Crippen LogP contribution in [-0.2, 0) is 33.4 Å². The molecule has 166 valence electrons. The van der Waals surface area contributed by atoms with Crippen LogP contribution >= 0.6 is 11.6 Å². The van der Waals surface area contributed by atoms with Crippen LogP contribution in [-0.4, -0.2) is 34.5 Å². The third-order valence-electron chi connectivity index (χ3n) is 4.99. The Hall–Kier alpha value is -3.33. The Morgan fingerprint density at radius 2 is 2.06 bits per heavy atom. The fourth-order valence-electron chi connectivity index (χ4n) is 3.34. The lowest BCUT2D eigenvalue weighted by Gasteiger charge is -2.29. The maximum atomic E-state index is 14.7. The number of rotatable bonds is 5. The number of fused-ring (bicyclic) bond motifs is 1. The van der Waals surface area contributed by atoms with Crippen LogP contribution in [0.2, 0.25) is 7.85 Å². The van der Waals surface area contributed by atoms with E-state index in [2.05, 4.69) is 0 Å². The molecule has 2 aliphatic heterocycles. The molecule has 2 aromatic rings. The molecule has 0 aliphatic carbocycles. The lowest BCUT2D eigenvalue weighted by atomic mass is 10.0. The number of hydrogen-bond acceptors (Lipinski definition) is 4. The largest absolute Gasteiger partial charge is 0.349 e. The summed E-state index contributed by atoms with van der Waals surface area (Å²) in [6.45, 7) is -2.29. The maximum absolute atomic E-state index is 14.7. The van der Waals surface area contributed by atoms with E-state index in [0.29, 0.717) is 0 Å². The molecular formula is C22H18ClF2N3O4. The number of imide groups is 1. The second kappa shape index (κ2) is 8.31. The normalized spacial score (nSPS) is 26.5. The highest BCUT2D eigenvalue weighted by Crippen LogP contribution is 2.30. The van der Waals surface area contributed by atoms with Crippen molar-refractivity contribution in [1.29, 1.82) is 0 Å². The van der Waals surface area contributed by atoms with E-state index in [4.69, 9.17) is 18.5 Å². The molecule has 7 nitrogen and oxygen atoms in total. The Morgan fingerprint density at radius 1 is 1.34 bits per heavy atom. The van der Waals surface area contributed by atoms with E-state index in [0.717, 1.165) is 29.2 Å². The second-order valence-electron chi connectivity index (χ2n) is 7.06. The van der Waals surface area contributed by atoms with Crippen molar-refractivity contribution >= 4 is 35.2 Å². The minimum absolute atomic E-state index is 0.0136. The number of hydrogen-bond donors (Lipinski definition) is 2. The molecule has 1 fully saturated rings. The van der Waals surface area contributed by atoms with Crippen LogP contribution in [0.5, 0.6) is 0 Å². The van der Waals surface area contributed by atoms with E-state index in [1.807, 2.05) is 0 Å². The summed E-state index contributed by atoms with van der Waals surface area (Å²) in [6.07, 6.45) is -2.26. The first-order valence-corrected chi connectivity index (χ1v) is 9.71. The van der Waals surface area contributed by atoms with Crippen LogP contribution in [0.3, 0.4) is 0 Å². The van der Waals surface area contributed by atoms with Crippen molar-refractivity contribution in [2.75, 3.05) is 0 Å². The lowest BCUT2D eigenvalue weighted by molar-refractivity contribution is -0.147. The minimum atomic E-state index is -4.12. The van der Waals surface area contributed by atoms with Crippen molar-refractivity contribution in [3.63, 3.8) is 0 Å². The smallest absolute Gasteiger partial charge is 0.346 e. The van der Waals surface area contributed by atoms with Gasteiger partial charge in [-0.05, 0) is 35.7 Å². The molecule has 3 unspecified atom stereocenters. The fourth-order valence-corrected chi connectivity index (χ4v) is 3.47. The van der Waals surface area contributed by atoms with Gasteiger partial charge < -0.3 is 10.2 Å². The van der Waals surface area contributed by atoms with Gasteiger partial charge in [0.15, 0.2) is 2.82 Å². The molecule has 10 heteroatoms. The molecule has 0 bridgehead atoms. The standard InChI is InChI=1S/C22H18ClF2N3O4/c23-15-4-2-14(3-5-15)22(24,25)21(32)26-10-12-1-6-16-13(9-12)11-28(20(16)31)17-7-8-18(29)27-19(17)30/h1-6,9,17H,7-8,10-11H2,(H,26,32)(H,27,29,30)/i8D,10D,17D/hD2. The molecule has 32 heavy (non-hydrogen) atoms. The van der Waals surface area contributed by atoms with Gasteiger partial charge in [0.25, 0.3) is 11.8 Å². The SMILES string of the molecule is [2H]C1CC([2H])(N2Cc3cc(C([2H])N([2H])C(=O)C(F)(F)c4ccc(Cl)cc4)ccc3C2=O)C(=O)N([2H])C1=O. The van der Waals surface area contributed by atoms with Crippen LogP contribution in [0.15, 0.2) is 42.5 Å². The highest BCUT2D eigenvalue weighted by Gasteiger charge is 2.41. The monoisotopic (exact) mass is 466 g/mol. The van der Waals surface area contributed by atoms with E-state index in [1.54, 1.807) is 0 Å². The number of amides is 4. The molecule has 2 aliphatic rings. The molecule has 0 radical (unpaired) electrons. The van der Waals surface area contributed by atoms with E-state index in [-0.39, 0.29) is 38.9 Å². The first kappa shape index (κ1) is 16.3. The van der Waals surface area contributed by atoms with Crippen LogP contribution in [0.1, 0.15) is 44.0 Å². The average molecular weight is 467 g/mol. The highest BCUT2D eigenvalue weighted by atomic mass is 35.5. The van der Waals surface area contributed by atoms with Crippen molar-refractivity contribution in [3.8, 4) is 0 Å². The number of nitrogens with one attached hydrogen (secondary N) is 2. The van der Waals surface area contributed by atoms with Crippen molar-refractivity contribution in [3.05, 3.63) is 69.7 Å². The number of carbonyl (C=O) groups excluding carboxylic acids is 4. The molecule has 4 amide bonds. The molecule has 2 N–H and O–H groups in total. The molecule has 0 spiro atoms. The predicted molar refractivity (Wildman–Crippen MR) is 110 cm³/mol. The van der Waals surface area contributed by atoms with Crippen LogP contribution in [0.4, 0.5) is 8.78 Å². The second-order valence-corrected chi connectivity index (χ2v) is 7.50. The zero-order chi connectivity index (χ0) is 27.4. The molecule has 3 atom stereocenters. The summed E-state index contributed by atoms with van der Waals surface area (Å²) < 4.78 is 69.4. The first-order valence-electron chi connectivity index (χ1n) is 11.9. The van der Waals surface area contributed by atoms with Crippen molar-refractivity contribution in [1.82, 2.24) is 15.5 Å². The minimum Gasteiger partial charge on any atom is -0.346 e. The summed E-state index contributed by atoms with van der Waals surface area (Å²) in [4.78, 5) is 50.5. The molecular weight excluding hydrogens is 444 g/mol. The number of halogens is 3. The van der Waals surface area contributed by atoms with Gasteiger partial charge in [-0.3, -0.25) is 24.5 Å². The van der Waals surface area contributed by atoms with Gasteiger partial charge in [-0.1, -0.05) is 35.9 Å². The summed E-state index contributed by atoms with van der Waals surface area (Å²) in [5.74, 6) is -9.30. The van der Waals surface area contributed by atoms with E-state index in [1.165, 1.54) is 18.2 Å². The van der Waals surface area contributed by atoms with Gasteiger partial charge in [-0.15, -0.1) is 0 Å². The first-order chi connectivity index (χ1) is 17.2. The Kier molecular flexibility index (Phi) is 4.24. The van der Waals surface area contributed by atoms with Crippen LogP contribution in [0.25, 0.3) is 0 Å². The average Bonchev–Trinajstić information content (AvgIpc) is 3.21. The predicted octanol–water partition coefficient (Wildman–Crippen LogP) is 2.51. The number of alkyl halides is 2. The summed E-state index contributed by atoms with van der Waals surface area (Å²) in [7, 11) is 0. The van der Waals surface area contributed by atoms with Gasteiger partial charge in [0.2, 0.25) is 11.8 Å². The number of benzene rings is 2. The summed E-state index contributed by atoms with van der Waals surface area (Å²) in [6, 6.07) is 5.38. The topological polar surface area (TPSA) is 95.6 Å². The Morgan fingerprint density at radius 3 is 2.78 bits per heavy atom. The van der Waals surface area contributed by atoms with Gasteiger partial charge >= 0.3 is 5.92 Å². The van der Waals surface area contributed by atoms with Gasteiger partial charge in [-0.25, -0.2) is 0 Å². The third-order valence-corrected chi connectivity index (χ3v) is 5.25. The molecule has 1 saturated heterocycles. The number of piperidine rings is 1. The van der Waals surface area contributed by atoms with E-state index in [9.17, 15) is 28.0 Å². The Labute approximate surface area is 193 Å². The highest BCUT2D eigenvalue weighted by molar-refractivity contribution is 6.30. The van der Waals surface area contributed by atoms with E-state index < -0.39 is 60.5 Å². The molecule has 0 aromatic heterocycles. The maximum Gasteiger partial charge on any atom is 0.349 e. The van der Waals surface area contributed by atoms with E-state index >= 15 is 0 Å². The molecule has 0 saturated carbocycles. The zero-order valence-corrected chi connectivity index (χ0v) is 17.0. The van der Waals surface area contributed by atoms with Gasteiger partial charge in [0, 0.05) is 37.0 Å². The Bertz CT molecular complexity index is 1320. The number of nitrogens with zero attached hydrogens (tertiary/aromatic N) is 1. The van der Waals surface area contributed by atoms with Gasteiger partial charge in [0.1, 0.15) is 6.02 Å². The molecule has 2 heterocycles. The Balaban J connectivity index is 1.57. The fraction of sp³-hybridized carbons (Fsp3) is 0.273. The lowest BCUT2D eigenvalue weighted by Crippen LogP contribution is -2.52. The summed E-state index contributed by atoms with van der Waals surface area (Å²) >= 11 is 5.69. The summed E-state index contributed by atoms with van der Waals surface area (Å²) in [5, 5.41) is -0.143. The van der Waals surface area contributed by atoms with Crippen molar-refractivity contribution in [2.24, 2.45) is 0 Å². The zero-order valence-electron chi connectivity index (χ0n) is 21.2. The van der Waals surface area contributed by atoms with Gasteiger partial charge in [-0.2, -0.15) is 8.78 Å². The van der Waals surface area contributed by atoms with Crippen LogP contribution < -0.4 is 10.6 Å². The van der Waals surface area contributed by atoms with Crippen molar-refractivity contribution in [2.45, 2.75) is 37.8 Å². The number of carbonyl (C=O) groups is 4. The quantitative estimate of drug-likeness (QED) is 0.662. The summed E-state index contributed by atoms with van der Waals surface area (Å²) in [5.41, 5.74) is -0.610. The van der Waals surface area contributed by atoms with Gasteiger partial charge in [0.05, 0.1) is 2.74 Å².